The van der Waals surface area contributed by atoms with Gasteiger partial charge in [0.15, 0.2) is 11.3 Å². The summed E-state index contributed by atoms with van der Waals surface area (Å²) in [6, 6.07) is 21.0. The third-order valence-corrected chi connectivity index (χ3v) is 12.1. The number of aromatic amines is 1. The first-order valence-corrected chi connectivity index (χ1v) is 22.5. The number of halogens is 1. The van der Waals surface area contributed by atoms with E-state index in [1.165, 1.54) is 17.5 Å². The lowest BCUT2D eigenvalue weighted by Crippen LogP contribution is -2.43. The van der Waals surface area contributed by atoms with E-state index in [0.717, 1.165) is 34.6 Å². The number of imidazole rings is 1. The minimum absolute atomic E-state index is 0.101. The number of benzene rings is 3. The van der Waals surface area contributed by atoms with E-state index in [-0.39, 0.29) is 30.7 Å². The lowest BCUT2D eigenvalue weighted by atomic mass is 10.0. The number of nitrogens with one attached hydrogen (secondary N) is 2. The van der Waals surface area contributed by atoms with Crippen LogP contribution in [0.4, 0.5) is 22.5 Å². The highest BCUT2D eigenvalue weighted by atomic mass is 79.9. The number of carbonyl (C=O) groups excluding carboxylic acids is 2. The molecule has 0 saturated carbocycles. The van der Waals surface area contributed by atoms with Crippen molar-refractivity contribution in [2.45, 2.75) is 58.7 Å². The molecule has 0 unspecified atom stereocenters. The number of ether oxygens (including phenoxy) is 3. The number of nitrogens with zero attached hydrogens (tertiary/aromatic N) is 11. The zero-order chi connectivity index (χ0) is 47.0. The van der Waals surface area contributed by atoms with E-state index in [9.17, 15) is 9.59 Å². The van der Waals surface area contributed by atoms with Gasteiger partial charge in [-0.15, -0.1) is 0 Å². The fourth-order valence-electron chi connectivity index (χ4n) is 8.15. The van der Waals surface area contributed by atoms with Crippen molar-refractivity contribution in [2.75, 3.05) is 49.2 Å². The topological polar surface area (TPSA) is 222 Å². The molecule has 1 fully saturated rings. The molecule has 1 atom stereocenters. The minimum atomic E-state index is -1.07. The Kier molecular flexibility index (Phi) is 12.2. The Labute approximate surface area is 393 Å². The summed E-state index contributed by atoms with van der Waals surface area (Å²) in [4.78, 5) is 56.8. The Bertz CT molecular complexity index is 3110. The average Bonchev–Trinajstić information content (AvgIpc) is 4.02. The molecule has 19 nitrogen and oxygen atoms in total. The summed E-state index contributed by atoms with van der Waals surface area (Å²) in [5.41, 5.74) is 12.2. The summed E-state index contributed by atoms with van der Waals surface area (Å²) < 4.78 is 21.3. The van der Waals surface area contributed by atoms with E-state index in [2.05, 4.69) is 73.9 Å². The predicted molar refractivity (Wildman–Crippen MR) is 257 cm³/mol. The van der Waals surface area contributed by atoms with Gasteiger partial charge in [-0.3, -0.25) is 4.79 Å². The van der Waals surface area contributed by atoms with Crippen molar-refractivity contribution in [1.29, 1.82) is 0 Å². The number of fused-ring (bicyclic) bond motifs is 3. The van der Waals surface area contributed by atoms with E-state index in [1.54, 1.807) is 41.4 Å². The maximum absolute atomic E-state index is 13.8. The van der Waals surface area contributed by atoms with E-state index >= 15 is 0 Å². The normalized spacial score (nSPS) is 14.1. The third kappa shape index (κ3) is 9.56. The van der Waals surface area contributed by atoms with Crippen molar-refractivity contribution in [2.24, 2.45) is 0 Å². The number of likely N-dealkylation sites (tertiary alicyclic amines) is 1. The molecule has 67 heavy (non-hydrogen) atoms. The van der Waals surface area contributed by atoms with Gasteiger partial charge >= 0.3 is 6.16 Å². The van der Waals surface area contributed by atoms with Gasteiger partial charge in [-0.25, -0.2) is 24.4 Å². The molecule has 1 aliphatic heterocycles. The van der Waals surface area contributed by atoms with E-state index in [1.807, 2.05) is 59.3 Å². The lowest BCUT2D eigenvalue weighted by molar-refractivity contribution is -0.129. The maximum Gasteiger partial charge on any atom is 0.509 e. The van der Waals surface area contributed by atoms with Gasteiger partial charge in [0, 0.05) is 31.3 Å². The van der Waals surface area contributed by atoms with Crippen LogP contribution in [0.3, 0.4) is 0 Å². The number of anilines is 3. The van der Waals surface area contributed by atoms with Gasteiger partial charge in [-0.2, -0.15) is 24.7 Å². The standard InChI is InChI=1S/C47H49BrN14O5/c1-27-19-35-36(20-28(27)2)55-37(54-35)22-50-44-57-45(56-41-34(48)21-53-62(41)44)59(6)25-47(4,5)67-46(64)65-24-29(3)43(63)60-18-10-11-31(23-60)61-42-38(40(49)51-26-52-42)39(58-61)30-14-16-33(17-15-30)66-32-12-8-7-9-13-32/h7-9,12-17,19-21,26,31H,3,10-11,18,22-25H2,1-2,4-6H3,(H,54,55)(H2,49,51,52)(H,50,56,57)/t31-/m1/s1. The highest BCUT2D eigenvalue weighted by Gasteiger charge is 2.32. The monoisotopic (exact) mass is 968 g/mol. The van der Waals surface area contributed by atoms with Crippen LogP contribution < -0.4 is 20.7 Å². The summed E-state index contributed by atoms with van der Waals surface area (Å²) in [6.07, 6.45) is 3.54. The molecule has 20 heteroatoms. The van der Waals surface area contributed by atoms with Crippen LogP contribution >= 0.6 is 15.9 Å². The third-order valence-electron chi connectivity index (χ3n) is 11.5. The van der Waals surface area contributed by atoms with Gasteiger partial charge in [-0.05, 0) is 116 Å². The second kappa shape index (κ2) is 18.3. The van der Waals surface area contributed by atoms with Gasteiger partial charge in [0.2, 0.25) is 11.9 Å². The van der Waals surface area contributed by atoms with Crippen molar-refractivity contribution in [3.05, 3.63) is 113 Å². The number of piperidine rings is 1. The van der Waals surface area contributed by atoms with Crippen LogP contribution in [0.5, 0.6) is 11.5 Å². The maximum atomic E-state index is 13.8. The molecule has 5 aromatic heterocycles. The van der Waals surface area contributed by atoms with Crippen molar-refractivity contribution >= 4 is 73.4 Å². The van der Waals surface area contributed by atoms with Gasteiger partial charge in [0.1, 0.15) is 47.4 Å². The Balaban J connectivity index is 0.809. The van der Waals surface area contributed by atoms with Gasteiger partial charge in [-0.1, -0.05) is 24.8 Å². The molecule has 3 aromatic carbocycles. The quantitative estimate of drug-likeness (QED) is 0.0695. The smallest absolute Gasteiger partial charge is 0.457 e. The number of aryl methyl sites for hydroxylation is 2. The van der Waals surface area contributed by atoms with Crippen molar-refractivity contribution < 1.29 is 23.8 Å². The molecular weight excluding hydrogens is 921 g/mol. The number of H-pyrrole nitrogens is 1. The number of nitrogen functional groups attached to an aromatic ring is 1. The number of likely N-dealkylation sites (N-methyl/N-ethyl adjacent to an activating group) is 1. The molecule has 8 aromatic rings. The van der Waals surface area contributed by atoms with Crippen LogP contribution in [-0.2, 0) is 20.8 Å². The number of hydrogen-bond acceptors (Lipinski definition) is 15. The van der Waals surface area contributed by atoms with Crippen LogP contribution in [0.1, 0.15) is 49.7 Å². The fraction of sp³-hybridized carbons (Fsp3) is 0.298. The Hall–Kier alpha value is -7.61. The summed E-state index contributed by atoms with van der Waals surface area (Å²) in [5, 5.41) is 13.4. The van der Waals surface area contributed by atoms with Gasteiger partial charge < -0.3 is 40.0 Å². The lowest BCUT2D eigenvalue weighted by Gasteiger charge is -2.33. The van der Waals surface area contributed by atoms with E-state index in [4.69, 9.17) is 40.0 Å². The predicted octanol–water partition coefficient (Wildman–Crippen LogP) is 7.96. The largest absolute Gasteiger partial charge is 0.509 e. The van der Waals surface area contributed by atoms with Gasteiger partial charge in [0.25, 0.3) is 5.91 Å². The first-order chi connectivity index (χ1) is 32.2. The SMILES string of the molecule is C=C(COC(=O)OC(C)(C)CN(C)c1nc(NCc2nc3cc(C)c(C)cc3[nH]2)n2ncc(Br)c2n1)C(=O)N1CCC[C@@H](n2nc(-c3ccc(Oc4ccccc4)cc3)c3c(N)ncnc32)C1. The second-order valence-corrected chi connectivity index (χ2v) is 18.0. The summed E-state index contributed by atoms with van der Waals surface area (Å²) >= 11 is 3.54. The number of nitrogens with two attached hydrogens (primary N) is 1. The molecule has 6 heterocycles. The molecular formula is C47H49BrN14O5. The molecule has 1 saturated heterocycles. The molecule has 1 aliphatic rings. The number of amides is 1. The zero-order valence-electron chi connectivity index (χ0n) is 37.7. The van der Waals surface area contributed by atoms with Crippen molar-refractivity contribution in [3.63, 3.8) is 0 Å². The fourth-order valence-corrected chi connectivity index (χ4v) is 8.50. The number of rotatable bonds is 14. The molecule has 1 amide bonds. The van der Waals surface area contributed by atoms with E-state index in [0.29, 0.717) is 76.4 Å². The molecule has 0 spiro atoms. The Morgan fingerprint density at radius 3 is 2.57 bits per heavy atom. The molecule has 4 N–H and O–H groups in total. The first kappa shape index (κ1) is 44.6. The van der Waals surface area contributed by atoms with Crippen molar-refractivity contribution in [3.8, 4) is 22.8 Å². The Morgan fingerprint density at radius 2 is 1.78 bits per heavy atom. The second-order valence-electron chi connectivity index (χ2n) is 17.2. The molecule has 0 bridgehead atoms. The van der Waals surface area contributed by atoms with Gasteiger partial charge in [0.05, 0.1) is 46.2 Å². The average molecular weight is 970 g/mol. The Morgan fingerprint density at radius 1 is 1.01 bits per heavy atom. The minimum Gasteiger partial charge on any atom is -0.457 e. The summed E-state index contributed by atoms with van der Waals surface area (Å²) in [7, 11) is 1.79. The van der Waals surface area contributed by atoms with Crippen LogP contribution in [-0.4, -0.2) is 105 Å². The molecule has 9 rings (SSSR count). The highest BCUT2D eigenvalue weighted by Crippen LogP contribution is 2.35. The molecule has 0 radical (unpaired) electrons. The summed E-state index contributed by atoms with van der Waals surface area (Å²) in [5.74, 6) is 2.88. The summed E-state index contributed by atoms with van der Waals surface area (Å²) in [6.45, 7) is 12.6. The number of para-hydroxylation sites is 1. The highest BCUT2D eigenvalue weighted by molar-refractivity contribution is 9.10. The van der Waals surface area contributed by atoms with E-state index < -0.39 is 11.8 Å². The van der Waals surface area contributed by atoms with Crippen LogP contribution in [0.25, 0.3) is 39.0 Å². The van der Waals surface area contributed by atoms with Crippen LogP contribution in [0, 0.1) is 13.8 Å². The van der Waals surface area contributed by atoms with Crippen molar-refractivity contribution in [1.82, 2.24) is 54.2 Å². The number of hydrogen-bond donors (Lipinski definition) is 3. The number of aromatic nitrogens is 10. The first-order valence-electron chi connectivity index (χ1n) is 21.7. The molecule has 344 valence electrons. The van der Waals surface area contributed by atoms with Crippen LogP contribution in [0.15, 0.2) is 95.9 Å². The molecule has 0 aliphatic carbocycles. The number of carbonyl (C=O) groups is 2. The van der Waals surface area contributed by atoms with Crippen LogP contribution in [0.2, 0.25) is 0 Å². The zero-order valence-corrected chi connectivity index (χ0v) is 39.2.